The highest BCUT2D eigenvalue weighted by atomic mass is 16.5. The fourth-order valence-electron chi connectivity index (χ4n) is 1.69. The van der Waals surface area contributed by atoms with Gasteiger partial charge in [0.2, 0.25) is 0 Å². The van der Waals surface area contributed by atoms with Gasteiger partial charge in [0.15, 0.2) is 5.82 Å². The highest BCUT2D eigenvalue weighted by Crippen LogP contribution is 2.44. The number of nitrogens with zero attached hydrogens (tertiary/aromatic N) is 4. The number of aromatic nitrogens is 4. The molecule has 15 heavy (non-hydrogen) atoms. The fraction of sp³-hybridized carbons (Fsp3) is 0.889. The standard InChI is InChI=1S/C9H17N5O/c1-14-12-8(11-13-14)5-10-6-9(3-4-9)7-15-2/h10H,3-7H2,1-2H3. The second kappa shape index (κ2) is 4.24. The van der Waals surface area contributed by atoms with Crippen molar-refractivity contribution in [3.8, 4) is 0 Å². The van der Waals surface area contributed by atoms with Crippen LogP contribution in [0.1, 0.15) is 18.7 Å². The Bertz CT molecular complexity index is 320. The summed E-state index contributed by atoms with van der Waals surface area (Å²) in [5, 5.41) is 15.1. The molecule has 1 heterocycles. The van der Waals surface area contributed by atoms with Crippen LogP contribution in [-0.2, 0) is 18.3 Å². The quantitative estimate of drug-likeness (QED) is 0.701. The molecular formula is C9H17N5O. The number of hydrogen-bond acceptors (Lipinski definition) is 5. The van der Waals surface area contributed by atoms with Gasteiger partial charge in [-0.3, -0.25) is 0 Å². The minimum atomic E-state index is 0.372. The first kappa shape index (κ1) is 10.5. The normalized spacial score (nSPS) is 18.0. The van der Waals surface area contributed by atoms with Gasteiger partial charge in [-0.15, -0.1) is 10.2 Å². The highest BCUT2D eigenvalue weighted by Gasteiger charge is 2.42. The number of methoxy groups -OCH3 is 1. The Morgan fingerprint density at radius 1 is 1.53 bits per heavy atom. The van der Waals surface area contributed by atoms with E-state index < -0.39 is 0 Å². The van der Waals surface area contributed by atoms with E-state index in [4.69, 9.17) is 4.74 Å². The molecule has 1 aromatic heterocycles. The molecule has 1 aliphatic carbocycles. The van der Waals surface area contributed by atoms with E-state index in [0.717, 1.165) is 19.0 Å². The van der Waals surface area contributed by atoms with Crippen LogP contribution in [0.2, 0.25) is 0 Å². The second-order valence-corrected chi connectivity index (χ2v) is 4.23. The van der Waals surface area contributed by atoms with Gasteiger partial charge in [0.25, 0.3) is 0 Å². The van der Waals surface area contributed by atoms with Crippen LogP contribution in [0.3, 0.4) is 0 Å². The zero-order valence-corrected chi connectivity index (χ0v) is 9.23. The van der Waals surface area contributed by atoms with Gasteiger partial charge < -0.3 is 10.1 Å². The predicted octanol–water partition coefficient (Wildman–Crippen LogP) is -0.274. The van der Waals surface area contributed by atoms with Crippen molar-refractivity contribution in [3.05, 3.63) is 5.82 Å². The van der Waals surface area contributed by atoms with Crippen molar-refractivity contribution in [1.29, 1.82) is 0 Å². The van der Waals surface area contributed by atoms with Crippen molar-refractivity contribution in [2.75, 3.05) is 20.3 Å². The Morgan fingerprint density at radius 2 is 2.33 bits per heavy atom. The molecule has 0 spiro atoms. The molecule has 6 nitrogen and oxygen atoms in total. The van der Waals surface area contributed by atoms with Crippen LogP contribution in [0.5, 0.6) is 0 Å². The van der Waals surface area contributed by atoms with Gasteiger partial charge in [0.1, 0.15) is 0 Å². The molecule has 0 atom stereocenters. The molecule has 0 aliphatic heterocycles. The number of hydrogen-bond donors (Lipinski definition) is 1. The lowest BCUT2D eigenvalue weighted by Crippen LogP contribution is -2.27. The molecule has 1 N–H and O–H groups in total. The maximum absolute atomic E-state index is 5.19. The van der Waals surface area contributed by atoms with Crippen molar-refractivity contribution >= 4 is 0 Å². The summed E-state index contributed by atoms with van der Waals surface area (Å²) in [5.74, 6) is 0.741. The summed E-state index contributed by atoms with van der Waals surface area (Å²) in [4.78, 5) is 1.47. The lowest BCUT2D eigenvalue weighted by Gasteiger charge is -2.13. The van der Waals surface area contributed by atoms with E-state index in [1.54, 1.807) is 14.2 Å². The molecular weight excluding hydrogens is 194 g/mol. The predicted molar refractivity (Wildman–Crippen MR) is 54.0 cm³/mol. The van der Waals surface area contributed by atoms with Crippen molar-refractivity contribution in [1.82, 2.24) is 25.5 Å². The summed E-state index contributed by atoms with van der Waals surface area (Å²) in [7, 11) is 3.52. The number of nitrogens with one attached hydrogen (secondary N) is 1. The first-order valence-corrected chi connectivity index (χ1v) is 5.17. The highest BCUT2D eigenvalue weighted by molar-refractivity contribution is 4.95. The molecule has 1 aromatic rings. The summed E-state index contributed by atoms with van der Waals surface area (Å²) in [5.41, 5.74) is 0.372. The Hall–Kier alpha value is -1.01. The Morgan fingerprint density at radius 3 is 2.87 bits per heavy atom. The summed E-state index contributed by atoms with van der Waals surface area (Å²) >= 11 is 0. The summed E-state index contributed by atoms with van der Waals surface area (Å²) < 4.78 is 5.19. The Kier molecular flexibility index (Phi) is 2.97. The van der Waals surface area contributed by atoms with Crippen LogP contribution in [0.15, 0.2) is 0 Å². The van der Waals surface area contributed by atoms with E-state index >= 15 is 0 Å². The van der Waals surface area contributed by atoms with Crippen LogP contribution in [0.4, 0.5) is 0 Å². The molecule has 0 saturated heterocycles. The van der Waals surface area contributed by atoms with Gasteiger partial charge in [-0.1, -0.05) is 0 Å². The van der Waals surface area contributed by atoms with E-state index in [1.807, 2.05) is 0 Å². The first-order valence-electron chi connectivity index (χ1n) is 5.17. The van der Waals surface area contributed by atoms with E-state index in [2.05, 4.69) is 20.7 Å². The lowest BCUT2D eigenvalue weighted by molar-refractivity contribution is 0.139. The molecule has 0 amide bonds. The van der Waals surface area contributed by atoms with Gasteiger partial charge in [-0.05, 0) is 18.1 Å². The smallest absolute Gasteiger partial charge is 0.188 e. The van der Waals surface area contributed by atoms with Crippen LogP contribution < -0.4 is 5.32 Å². The average molecular weight is 211 g/mol. The zero-order chi connectivity index (χ0) is 10.7. The lowest BCUT2D eigenvalue weighted by atomic mass is 10.1. The SMILES string of the molecule is COCC1(CNCc2nnn(C)n2)CC1. The largest absolute Gasteiger partial charge is 0.384 e. The van der Waals surface area contributed by atoms with Crippen molar-refractivity contribution in [2.24, 2.45) is 12.5 Å². The van der Waals surface area contributed by atoms with Gasteiger partial charge in [0.05, 0.1) is 20.2 Å². The molecule has 2 rings (SSSR count). The third kappa shape index (κ3) is 2.73. The van der Waals surface area contributed by atoms with Crippen molar-refractivity contribution in [3.63, 3.8) is 0 Å². The minimum absolute atomic E-state index is 0.372. The van der Waals surface area contributed by atoms with Crippen LogP contribution >= 0.6 is 0 Å². The topological polar surface area (TPSA) is 64.9 Å². The molecule has 0 aromatic carbocycles. The third-order valence-electron chi connectivity index (χ3n) is 2.74. The second-order valence-electron chi connectivity index (χ2n) is 4.23. The van der Waals surface area contributed by atoms with Gasteiger partial charge in [-0.25, -0.2) is 0 Å². The summed E-state index contributed by atoms with van der Waals surface area (Å²) in [6.07, 6.45) is 2.50. The summed E-state index contributed by atoms with van der Waals surface area (Å²) in [6.45, 7) is 2.49. The maximum Gasteiger partial charge on any atom is 0.188 e. The number of rotatable bonds is 6. The van der Waals surface area contributed by atoms with Crippen LogP contribution in [-0.4, -0.2) is 40.5 Å². The molecule has 0 bridgehead atoms. The molecule has 1 fully saturated rings. The molecule has 1 aliphatic rings. The van der Waals surface area contributed by atoms with Crippen molar-refractivity contribution in [2.45, 2.75) is 19.4 Å². The molecule has 0 unspecified atom stereocenters. The number of aryl methyl sites for hydroxylation is 1. The summed E-state index contributed by atoms with van der Waals surface area (Å²) in [6, 6.07) is 0. The number of ether oxygens (including phenoxy) is 1. The van der Waals surface area contributed by atoms with E-state index in [0.29, 0.717) is 12.0 Å². The van der Waals surface area contributed by atoms with E-state index in [1.165, 1.54) is 17.6 Å². The molecule has 0 radical (unpaired) electrons. The van der Waals surface area contributed by atoms with Gasteiger partial charge >= 0.3 is 0 Å². The molecule has 1 saturated carbocycles. The van der Waals surface area contributed by atoms with Crippen LogP contribution in [0.25, 0.3) is 0 Å². The monoisotopic (exact) mass is 211 g/mol. The number of tetrazole rings is 1. The average Bonchev–Trinajstić information content (AvgIpc) is 2.83. The minimum Gasteiger partial charge on any atom is -0.384 e. The molecule has 6 heteroatoms. The third-order valence-corrected chi connectivity index (χ3v) is 2.74. The fourth-order valence-corrected chi connectivity index (χ4v) is 1.69. The van der Waals surface area contributed by atoms with Gasteiger partial charge in [-0.2, -0.15) is 4.80 Å². The van der Waals surface area contributed by atoms with E-state index in [9.17, 15) is 0 Å². The van der Waals surface area contributed by atoms with E-state index in [-0.39, 0.29) is 0 Å². The maximum atomic E-state index is 5.19. The van der Waals surface area contributed by atoms with Gasteiger partial charge in [0, 0.05) is 19.1 Å². The first-order chi connectivity index (χ1) is 7.24. The zero-order valence-electron chi connectivity index (χ0n) is 9.23. The molecule has 84 valence electrons. The van der Waals surface area contributed by atoms with Crippen LogP contribution in [0, 0.1) is 5.41 Å². The Balaban J connectivity index is 1.71. The Labute approximate surface area is 89.0 Å². The van der Waals surface area contributed by atoms with Crippen molar-refractivity contribution < 1.29 is 4.74 Å².